The normalized spacial score (nSPS) is 20.3. The van der Waals surface area contributed by atoms with E-state index in [0.29, 0.717) is 22.7 Å². The summed E-state index contributed by atoms with van der Waals surface area (Å²) in [5.74, 6) is 1.11. The maximum atomic E-state index is 2.79. The van der Waals surface area contributed by atoms with E-state index in [9.17, 15) is 0 Å². The molecule has 252 valence electrons. The van der Waals surface area contributed by atoms with E-state index in [1.807, 2.05) is 0 Å². The van der Waals surface area contributed by atoms with E-state index in [4.69, 9.17) is 0 Å². The molecule has 1 heteroatoms. The smallest absolute Gasteiger partial charge is 0.0457 e. The first-order chi connectivity index (χ1) is 22.7. The van der Waals surface area contributed by atoms with Crippen molar-refractivity contribution in [2.24, 2.45) is 10.8 Å². The summed E-state index contributed by atoms with van der Waals surface area (Å²) in [6.45, 7) is 22.1. The van der Waals surface area contributed by atoms with Gasteiger partial charge >= 0.3 is 0 Å². The average Bonchev–Trinajstić information content (AvgIpc) is 3.26. The zero-order valence-corrected chi connectivity index (χ0v) is 31.3. The van der Waals surface area contributed by atoms with Gasteiger partial charge in [0.05, 0.1) is 0 Å². The standard InChI is InChI=1S/C47H59N/c1-44(2,3)48(41-21-15-19-35(32-16-11-10-12-17-32)43(41)34-24-28-46(6,7)29-25-34)42-31-38-36-18-13-14-20-39(36)47(8,9)40(38)30-37(42)33-22-26-45(4,5)27-23-33/h10-21,30-31,33-34H,22-29H2,1-9H3. The highest BCUT2D eigenvalue weighted by atomic mass is 15.2. The first-order valence-electron chi connectivity index (χ1n) is 18.9. The van der Waals surface area contributed by atoms with Crippen LogP contribution in [0.1, 0.15) is 148 Å². The van der Waals surface area contributed by atoms with Crippen molar-refractivity contribution in [2.75, 3.05) is 4.90 Å². The SMILES string of the molecule is CC1(C)CCC(c2cc3c(cc2N(c2cccc(-c4ccccc4)c2C2CCC(C)(C)CC2)C(C)(C)C)-c2ccccc2C3(C)C)CC1. The Hall–Kier alpha value is -3.32. The van der Waals surface area contributed by atoms with Gasteiger partial charge in [-0.25, -0.2) is 0 Å². The van der Waals surface area contributed by atoms with Crippen LogP contribution in [0.2, 0.25) is 0 Å². The highest BCUT2D eigenvalue weighted by Gasteiger charge is 2.41. The molecule has 0 aromatic heterocycles. The Morgan fingerprint density at radius 1 is 0.542 bits per heavy atom. The van der Waals surface area contributed by atoms with Crippen molar-refractivity contribution < 1.29 is 0 Å². The van der Waals surface area contributed by atoms with Crippen molar-refractivity contribution in [3.05, 3.63) is 107 Å². The molecule has 0 heterocycles. The highest BCUT2D eigenvalue weighted by molar-refractivity contribution is 5.87. The third-order valence-electron chi connectivity index (χ3n) is 12.6. The topological polar surface area (TPSA) is 3.24 Å². The summed E-state index contributed by atoms with van der Waals surface area (Å²) < 4.78 is 0. The summed E-state index contributed by atoms with van der Waals surface area (Å²) in [6, 6.07) is 32.9. The fourth-order valence-electron chi connectivity index (χ4n) is 9.57. The van der Waals surface area contributed by atoms with Crippen molar-refractivity contribution in [2.45, 2.75) is 136 Å². The lowest BCUT2D eigenvalue weighted by atomic mass is 9.69. The molecule has 1 nitrogen and oxygen atoms in total. The number of anilines is 2. The van der Waals surface area contributed by atoms with Gasteiger partial charge in [-0.05, 0) is 151 Å². The van der Waals surface area contributed by atoms with E-state index in [2.05, 4.69) is 152 Å². The lowest BCUT2D eigenvalue weighted by molar-refractivity contribution is 0.224. The quantitative estimate of drug-likeness (QED) is 0.210. The molecule has 48 heavy (non-hydrogen) atoms. The minimum absolute atomic E-state index is 0.00695. The molecule has 0 amide bonds. The van der Waals surface area contributed by atoms with Gasteiger partial charge in [-0.2, -0.15) is 0 Å². The van der Waals surface area contributed by atoms with E-state index in [1.165, 1.54) is 96.1 Å². The van der Waals surface area contributed by atoms with Crippen LogP contribution in [0.15, 0.2) is 84.9 Å². The predicted molar refractivity (Wildman–Crippen MR) is 208 cm³/mol. The van der Waals surface area contributed by atoms with Crippen molar-refractivity contribution >= 4 is 11.4 Å². The van der Waals surface area contributed by atoms with Crippen molar-refractivity contribution in [3.63, 3.8) is 0 Å². The Bertz CT molecular complexity index is 1780. The molecule has 2 fully saturated rings. The summed E-state index contributed by atoms with van der Waals surface area (Å²) in [6.07, 6.45) is 10.2. The number of hydrogen-bond donors (Lipinski definition) is 0. The van der Waals surface area contributed by atoms with Crippen molar-refractivity contribution in [1.82, 2.24) is 0 Å². The Morgan fingerprint density at radius 3 is 1.73 bits per heavy atom. The van der Waals surface area contributed by atoms with Crippen LogP contribution in [0.5, 0.6) is 0 Å². The Kier molecular flexibility index (Phi) is 8.25. The molecule has 0 atom stereocenters. The first kappa shape index (κ1) is 33.2. The fourth-order valence-corrected chi connectivity index (χ4v) is 9.57. The third kappa shape index (κ3) is 5.94. The van der Waals surface area contributed by atoms with Gasteiger partial charge in [0.25, 0.3) is 0 Å². The molecule has 0 N–H and O–H groups in total. The molecular weight excluding hydrogens is 579 g/mol. The maximum absolute atomic E-state index is 2.79. The van der Waals surface area contributed by atoms with Crippen LogP contribution in [0.25, 0.3) is 22.3 Å². The van der Waals surface area contributed by atoms with E-state index < -0.39 is 0 Å². The van der Waals surface area contributed by atoms with Gasteiger partial charge in [0, 0.05) is 22.3 Å². The van der Waals surface area contributed by atoms with Crippen LogP contribution >= 0.6 is 0 Å². The monoisotopic (exact) mass is 637 g/mol. The second-order valence-electron chi connectivity index (χ2n) is 18.6. The van der Waals surface area contributed by atoms with Crippen LogP contribution in [0.4, 0.5) is 11.4 Å². The lowest BCUT2D eigenvalue weighted by Crippen LogP contribution is -2.39. The van der Waals surface area contributed by atoms with Gasteiger partial charge in [0.1, 0.15) is 0 Å². The Balaban J connectivity index is 1.49. The van der Waals surface area contributed by atoms with E-state index >= 15 is 0 Å². The minimum Gasteiger partial charge on any atom is -0.336 e. The van der Waals surface area contributed by atoms with Gasteiger partial charge in [-0.3, -0.25) is 0 Å². The second kappa shape index (κ2) is 11.9. The predicted octanol–water partition coefficient (Wildman–Crippen LogP) is 14.0. The van der Waals surface area contributed by atoms with E-state index in [-0.39, 0.29) is 11.0 Å². The summed E-state index contributed by atoms with van der Waals surface area (Å²) in [5.41, 5.74) is 15.3. The molecule has 0 spiro atoms. The van der Waals surface area contributed by atoms with Crippen LogP contribution in [0, 0.1) is 10.8 Å². The molecule has 3 aliphatic rings. The van der Waals surface area contributed by atoms with Crippen LogP contribution in [0.3, 0.4) is 0 Å². The third-order valence-corrected chi connectivity index (χ3v) is 12.6. The van der Waals surface area contributed by atoms with Crippen LogP contribution in [-0.2, 0) is 5.41 Å². The zero-order chi connectivity index (χ0) is 34.1. The molecule has 0 radical (unpaired) electrons. The molecular formula is C47H59N. The van der Waals surface area contributed by atoms with Gasteiger partial charge in [-0.1, -0.05) is 114 Å². The molecule has 0 unspecified atom stereocenters. The molecule has 4 aromatic rings. The van der Waals surface area contributed by atoms with Gasteiger partial charge in [-0.15, -0.1) is 0 Å². The summed E-state index contributed by atoms with van der Waals surface area (Å²) in [4.78, 5) is 2.79. The van der Waals surface area contributed by atoms with Crippen molar-refractivity contribution in [1.29, 1.82) is 0 Å². The first-order valence-corrected chi connectivity index (χ1v) is 18.9. The molecule has 0 bridgehead atoms. The number of nitrogens with zero attached hydrogens (tertiary/aromatic N) is 1. The molecule has 7 rings (SSSR count). The van der Waals surface area contributed by atoms with Gasteiger partial charge < -0.3 is 4.90 Å². The molecule has 0 aliphatic heterocycles. The van der Waals surface area contributed by atoms with Crippen molar-refractivity contribution in [3.8, 4) is 22.3 Å². The maximum Gasteiger partial charge on any atom is 0.0457 e. The van der Waals surface area contributed by atoms with E-state index in [1.54, 1.807) is 11.1 Å². The second-order valence-corrected chi connectivity index (χ2v) is 18.6. The summed E-state index contributed by atoms with van der Waals surface area (Å²) >= 11 is 0. The summed E-state index contributed by atoms with van der Waals surface area (Å²) in [5, 5.41) is 0. The van der Waals surface area contributed by atoms with Crippen LogP contribution in [-0.4, -0.2) is 5.54 Å². The number of hydrogen-bond acceptors (Lipinski definition) is 1. The molecule has 0 saturated heterocycles. The van der Waals surface area contributed by atoms with E-state index in [0.717, 1.165) is 0 Å². The number of fused-ring (bicyclic) bond motifs is 3. The number of benzene rings is 4. The van der Waals surface area contributed by atoms with Crippen LogP contribution < -0.4 is 4.90 Å². The van der Waals surface area contributed by atoms with Gasteiger partial charge in [0.15, 0.2) is 0 Å². The largest absolute Gasteiger partial charge is 0.336 e. The lowest BCUT2D eigenvalue weighted by Gasteiger charge is -2.44. The average molecular weight is 638 g/mol. The Morgan fingerprint density at radius 2 is 1.10 bits per heavy atom. The highest BCUT2D eigenvalue weighted by Crippen LogP contribution is 2.56. The minimum atomic E-state index is -0.122. The molecule has 2 saturated carbocycles. The Labute approximate surface area is 292 Å². The zero-order valence-electron chi connectivity index (χ0n) is 31.3. The molecule has 3 aliphatic carbocycles. The summed E-state index contributed by atoms with van der Waals surface area (Å²) in [7, 11) is 0. The molecule has 4 aromatic carbocycles. The number of rotatable bonds is 5. The van der Waals surface area contributed by atoms with Gasteiger partial charge in [0.2, 0.25) is 0 Å². The fraction of sp³-hybridized carbons (Fsp3) is 0.489.